The largest absolute Gasteiger partial charge is 0.355 e. The van der Waals surface area contributed by atoms with Crippen molar-refractivity contribution in [3.63, 3.8) is 0 Å². The number of aromatic nitrogens is 3. The van der Waals surface area contributed by atoms with Gasteiger partial charge >= 0.3 is 0 Å². The van der Waals surface area contributed by atoms with E-state index in [2.05, 4.69) is 34.7 Å². The van der Waals surface area contributed by atoms with Crippen LogP contribution in [0.15, 0.2) is 6.33 Å². The highest BCUT2D eigenvalue weighted by Crippen LogP contribution is 1.95. The summed E-state index contributed by atoms with van der Waals surface area (Å²) in [7, 11) is 1.91. The van der Waals surface area contributed by atoms with Gasteiger partial charge in [-0.25, -0.2) is 0 Å². The van der Waals surface area contributed by atoms with Gasteiger partial charge in [-0.2, -0.15) is 0 Å². The van der Waals surface area contributed by atoms with Crippen LogP contribution < -0.4 is 10.6 Å². The smallest absolute Gasteiger partial charge is 0.233 e. The second kappa shape index (κ2) is 7.81. The summed E-state index contributed by atoms with van der Waals surface area (Å²) in [4.78, 5) is 11.4. The molecular weight excluding hydrogens is 230 g/mol. The fraction of sp³-hybridized carbons (Fsp3) is 0.750. The second-order valence-corrected chi connectivity index (χ2v) is 4.82. The van der Waals surface area contributed by atoms with Crippen molar-refractivity contribution >= 4 is 5.91 Å². The normalized spacial score (nSPS) is 10.9. The second-order valence-electron chi connectivity index (χ2n) is 4.82. The summed E-state index contributed by atoms with van der Waals surface area (Å²) in [5.41, 5.74) is 0. The number of nitrogens with zero attached hydrogens (tertiary/aromatic N) is 3. The Morgan fingerprint density at radius 1 is 1.44 bits per heavy atom. The minimum absolute atomic E-state index is 0.0496. The lowest BCUT2D eigenvalue weighted by Gasteiger charge is -2.08. The summed E-state index contributed by atoms with van der Waals surface area (Å²) >= 11 is 0. The molecule has 1 rings (SSSR count). The number of amides is 1. The van der Waals surface area contributed by atoms with E-state index in [-0.39, 0.29) is 5.91 Å². The van der Waals surface area contributed by atoms with Crippen molar-refractivity contribution in [1.29, 1.82) is 0 Å². The van der Waals surface area contributed by atoms with Gasteiger partial charge in [-0.3, -0.25) is 4.79 Å². The first-order valence-corrected chi connectivity index (χ1v) is 6.40. The van der Waals surface area contributed by atoms with Gasteiger partial charge in [0.1, 0.15) is 12.2 Å². The van der Waals surface area contributed by atoms with Crippen LogP contribution >= 0.6 is 0 Å². The highest BCUT2D eigenvalue weighted by atomic mass is 16.1. The average Bonchev–Trinajstić information content (AvgIpc) is 2.70. The molecule has 0 saturated heterocycles. The van der Waals surface area contributed by atoms with Crippen LogP contribution in [0.25, 0.3) is 0 Å². The third-order valence-corrected chi connectivity index (χ3v) is 2.66. The van der Waals surface area contributed by atoms with Gasteiger partial charge in [0.15, 0.2) is 0 Å². The summed E-state index contributed by atoms with van der Waals surface area (Å²) in [6.07, 6.45) is 3.47. The van der Waals surface area contributed by atoms with E-state index in [1.165, 1.54) is 0 Å². The van der Waals surface area contributed by atoms with E-state index >= 15 is 0 Å². The zero-order valence-corrected chi connectivity index (χ0v) is 11.4. The van der Waals surface area contributed by atoms with Crippen molar-refractivity contribution in [1.82, 2.24) is 25.4 Å². The lowest BCUT2D eigenvalue weighted by atomic mass is 10.1. The minimum atomic E-state index is 0.0496. The number of hydrogen-bond acceptors (Lipinski definition) is 4. The fourth-order valence-corrected chi connectivity index (χ4v) is 1.50. The fourth-order valence-electron chi connectivity index (χ4n) is 1.50. The van der Waals surface area contributed by atoms with Gasteiger partial charge in [-0.05, 0) is 12.3 Å². The Morgan fingerprint density at radius 3 is 2.83 bits per heavy atom. The molecule has 6 heteroatoms. The third kappa shape index (κ3) is 5.77. The van der Waals surface area contributed by atoms with Crippen molar-refractivity contribution < 1.29 is 4.79 Å². The number of carbonyl (C=O) groups is 1. The van der Waals surface area contributed by atoms with Gasteiger partial charge in [0.2, 0.25) is 5.91 Å². The van der Waals surface area contributed by atoms with Gasteiger partial charge in [0, 0.05) is 26.6 Å². The maximum Gasteiger partial charge on any atom is 0.233 e. The summed E-state index contributed by atoms with van der Waals surface area (Å²) in [5, 5.41) is 13.8. The summed E-state index contributed by atoms with van der Waals surface area (Å²) < 4.78 is 1.88. The topological polar surface area (TPSA) is 71.8 Å². The van der Waals surface area contributed by atoms with Crippen molar-refractivity contribution in [3.8, 4) is 0 Å². The van der Waals surface area contributed by atoms with Gasteiger partial charge in [0.05, 0.1) is 6.54 Å². The van der Waals surface area contributed by atoms with Crippen LogP contribution in [-0.2, 0) is 18.3 Å². The highest BCUT2D eigenvalue weighted by molar-refractivity contribution is 5.77. The molecule has 0 aliphatic heterocycles. The first kappa shape index (κ1) is 14.6. The van der Waals surface area contributed by atoms with Crippen LogP contribution in [0.4, 0.5) is 0 Å². The Morgan fingerprint density at radius 2 is 2.22 bits per heavy atom. The molecule has 0 aliphatic rings. The zero-order valence-electron chi connectivity index (χ0n) is 11.4. The monoisotopic (exact) mass is 253 g/mol. The molecule has 1 aromatic rings. The van der Waals surface area contributed by atoms with Crippen LogP contribution in [0.5, 0.6) is 0 Å². The SMILES string of the molecule is CC(C)CCNC(=O)CNCCc1nncn1C. The molecule has 1 aromatic heterocycles. The van der Waals surface area contributed by atoms with E-state index in [1.807, 2.05) is 11.6 Å². The number of nitrogens with one attached hydrogen (secondary N) is 2. The number of rotatable bonds is 8. The van der Waals surface area contributed by atoms with Gasteiger partial charge < -0.3 is 15.2 Å². The number of aryl methyl sites for hydroxylation is 1. The molecule has 102 valence electrons. The highest BCUT2D eigenvalue weighted by Gasteiger charge is 2.03. The van der Waals surface area contributed by atoms with E-state index in [0.717, 1.165) is 31.8 Å². The maximum atomic E-state index is 11.4. The Balaban J connectivity index is 2.04. The molecular formula is C12H23N5O. The first-order valence-electron chi connectivity index (χ1n) is 6.40. The van der Waals surface area contributed by atoms with Crippen molar-refractivity contribution in [3.05, 3.63) is 12.2 Å². The van der Waals surface area contributed by atoms with Crippen LogP contribution in [0.1, 0.15) is 26.1 Å². The van der Waals surface area contributed by atoms with E-state index in [1.54, 1.807) is 6.33 Å². The van der Waals surface area contributed by atoms with E-state index < -0.39 is 0 Å². The molecule has 0 unspecified atom stereocenters. The number of carbonyl (C=O) groups excluding carboxylic acids is 1. The Labute approximate surface area is 108 Å². The molecule has 2 N–H and O–H groups in total. The molecule has 0 aromatic carbocycles. The molecule has 0 atom stereocenters. The van der Waals surface area contributed by atoms with Crippen molar-refractivity contribution in [2.75, 3.05) is 19.6 Å². The predicted molar refractivity (Wildman–Crippen MR) is 70.0 cm³/mol. The molecule has 0 saturated carbocycles. The summed E-state index contributed by atoms with van der Waals surface area (Å²) in [6, 6.07) is 0. The van der Waals surface area contributed by atoms with E-state index in [4.69, 9.17) is 0 Å². The van der Waals surface area contributed by atoms with E-state index in [0.29, 0.717) is 12.5 Å². The van der Waals surface area contributed by atoms with Crippen LogP contribution in [0, 0.1) is 5.92 Å². The summed E-state index contributed by atoms with van der Waals surface area (Å²) in [6.45, 7) is 6.12. The molecule has 0 aliphatic carbocycles. The van der Waals surface area contributed by atoms with Crippen molar-refractivity contribution in [2.45, 2.75) is 26.7 Å². The Kier molecular flexibility index (Phi) is 6.35. The standard InChI is InChI=1S/C12H23N5O/c1-10(2)4-7-14-12(18)8-13-6-5-11-16-15-9-17(11)3/h9-10,13H,4-8H2,1-3H3,(H,14,18). The third-order valence-electron chi connectivity index (χ3n) is 2.66. The maximum absolute atomic E-state index is 11.4. The van der Waals surface area contributed by atoms with Gasteiger partial charge in [0.25, 0.3) is 0 Å². The molecule has 0 radical (unpaired) electrons. The molecule has 0 bridgehead atoms. The average molecular weight is 253 g/mol. The molecule has 1 heterocycles. The van der Waals surface area contributed by atoms with Gasteiger partial charge in [-0.15, -0.1) is 10.2 Å². The summed E-state index contributed by atoms with van der Waals surface area (Å²) in [5.74, 6) is 1.59. The lowest BCUT2D eigenvalue weighted by molar-refractivity contribution is -0.120. The molecule has 0 spiro atoms. The van der Waals surface area contributed by atoms with Crippen LogP contribution in [0.2, 0.25) is 0 Å². The Bertz CT molecular complexity index is 361. The van der Waals surface area contributed by atoms with Gasteiger partial charge in [-0.1, -0.05) is 13.8 Å². The van der Waals surface area contributed by atoms with E-state index in [9.17, 15) is 4.79 Å². The number of hydrogen-bond donors (Lipinski definition) is 2. The van der Waals surface area contributed by atoms with Crippen LogP contribution in [0.3, 0.4) is 0 Å². The quantitative estimate of drug-likeness (QED) is 0.645. The molecule has 18 heavy (non-hydrogen) atoms. The first-order chi connectivity index (χ1) is 8.59. The van der Waals surface area contributed by atoms with Crippen LogP contribution in [-0.4, -0.2) is 40.3 Å². The molecule has 1 amide bonds. The minimum Gasteiger partial charge on any atom is -0.355 e. The molecule has 6 nitrogen and oxygen atoms in total. The van der Waals surface area contributed by atoms with Crippen molar-refractivity contribution in [2.24, 2.45) is 13.0 Å². The Hall–Kier alpha value is -1.43. The zero-order chi connectivity index (χ0) is 13.4. The predicted octanol–water partition coefficient (Wildman–Crippen LogP) is 0.110. The molecule has 0 fully saturated rings. The lowest BCUT2D eigenvalue weighted by Crippen LogP contribution is -2.35.